The van der Waals surface area contributed by atoms with Gasteiger partial charge >= 0.3 is 118 Å². The molecule has 1 heterocycles. The fourth-order valence-electron chi connectivity index (χ4n) is 4.92. The molecule has 320 valence electrons. The van der Waals surface area contributed by atoms with Crippen LogP contribution in [0, 0.1) is 0 Å². The summed E-state index contributed by atoms with van der Waals surface area (Å²) in [6.07, 6.45) is 0. The maximum Gasteiger partial charge on any atom is 1.00 e. The Kier molecular flexibility index (Phi) is 24.1. The van der Waals surface area contributed by atoms with Gasteiger partial charge in [-0.2, -0.15) is 19.3 Å². The van der Waals surface area contributed by atoms with Crippen LogP contribution >= 0.6 is 23.6 Å². The fourth-order valence-corrected chi connectivity index (χ4v) is 8.18. The van der Waals surface area contributed by atoms with Gasteiger partial charge < -0.3 is 40.0 Å². The van der Waals surface area contributed by atoms with Gasteiger partial charge in [-0.25, -0.2) is 33.7 Å². The molecule has 35 heteroatoms. The average Bonchev–Trinajstić information content (AvgIpc) is 3.11. The first-order chi connectivity index (χ1) is 27.9. The van der Waals surface area contributed by atoms with Gasteiger partial charge in [0.05, 0.1) is 49.7 Å². The number of azo groups is 1. The summed E-state index contributed by atoms with van der Waals surface area (Å²) in [5, 5.41) is 39.8. The third-order valence-electron chi connectivity index (χ3n) is 7.27. The topological polar surface area (TPSA) is 393 Å². The van der Waals surface area contributed by atoms with Gasteiger partial charge in [0.15, 0.2) is 15.6 Å². The molecule has 25 nitrogen and oxygen atoms in total. The van der Waals surface area contributed by atoms with Crippen molar-refractivity contribution in [1.29, 1.82) is 0 Å². The number of nitrogens with zero attached hydrogens (tertiary/aromatic N) is 5. The van der Waals surface area contributed by atoms with Crippen LogP contribution in [-0.4, -0.2) is 85.7 Å². The predicted octanol–water partition coefficient (Wildman–Crippen LogP) is -9.45. The SMILES string of the molecule is CC(=O)Nc1cc(S(=O)(=O)[O-])cc2cc(SOO[O-])c(N=Nc3cc(Nc4nc(Cl)nc(Nc5ccc(S(=O)(=O)CCOS(=O)(=O)[O-])cc5)n4)ccc3S(=O)(=O)[O-])c(O)c12.[Na+].[Na+].[Na+].[Na+]. The Labute approximate surface area is 460 Å². The standard InChI is InChI=1S/C29H25ClN8O17S5.4Na/c1-14(39)31-21-13-19(58(44,45)46)10-15-11-22(56-55-54-41)25(26(40)24(15)21)38-37-20-12-17(4-7-23(20)59(47,48)49)33-29-35-27(30)34-28(36-29)32-16-2-5-18(6-3-16)57(42,43)9-8-53-60(50,51)52;;;;/h2-7,10-13,40-41H,8-9H2,1H3,(H,31,39)(H,44,45,46)(H,47,48,49)(H,50,51,52)(H2,32,33,34,35,36);;;;/q;4*+1/p-4. The Bertz CT molecular complexity index is 3000. The van der Waals surface area contributed by atoms with Crippen LogP contribution in [0.1, 0.15) is 6.92 Å². The van der Waals surface area contributed by atoms with Gasteiger partial charge in [0.1, 0.15) is 31.6 Å². The average molecular weight is 1040 g/mol. The van der Waals surface area contributed by atoms with Gasteiger partial charge in [-0.1, -0.05) is 0 Å². The molecule has 0 aliphatic carbocycles. The van der Waals surface area contributed by atoms with Crippen LogP contribution in [0.3, 0.4) is 0 Å². The number of phenolic OH excluding ortho intramolecular Hbond substituents is 1. The molecular formula is C29H21ClN8Na4O17S5. The summed E-state index contributed by atoms with van der Waals surface area (Å²) in [6, 6.07) is 10.4. The molecule has 0 aliphatic heterocycles. The number of aromatic hydroxyl groups is 1. The van der Waals surface area contributed by atoms with Crippen LogP contribution in [0.25, 0.3) is 10.8 Å². The zero-order chi connectivity index (χ0) is 44.2. The van der Waals surface area contributed by atoms with Crippen molar-refractivity contribution in [2.24, 2.45) is 10.2 Å². The summed E-state index contributed by atoms with van der Waals surface area (Å²) < 4.78 is 137. The molecule has 5 rings (SSSR count). The monoisotopic (exact) mass is 1040 g/mol. The number of benzene rings is 4. The van der Waals surface area contributed by atoms with E-state index in [1.54, 1.807) is 0 Å². The number of carbonyl (C=O) groups is 1. The van der Waals surface area contributed by atoms with Crippen molar-refractivity contribution in [1.82, 2.24) is 15.0 Å². The van der Waals surface area contributed by atoms with Gasteiger partial charge in [0.2, 0.25) is 33.5 Å². The Morgan fingerprint density at radius 3 is 1.94 bits per heavy atom. The van der Waals surface area contributed by atoms with E-state index in [2.05, 4.69) is 54.7 Å². The minimum Gasteiger partial charge on any atom is -0.744 e. The fraction of sp³-hybridized carbons (Fsp3) is 0.103. The van der Waals surface area contributed by atoms with Crippen LogP contribution in [0.4, 0.5) is 40.3 Å². The van der Waals surface area contributed by atoms with Gasteiger partial charge in [-0.15, -0.1) is 10.2 Å². The molecule has 0 fully saturated rings. The number of halogens is 1. The van der Waals surface area contributed by atoms with E-state index in [9.17, 15) is 62.5 Å². The summed E-state index contributed by atoms with van der Waals surface area (Å²) in [5.41, 5.74) is -1.47. The van der Waals surface area contributed by atoms with Gasteiger partial charge in [-0.3, -0.25) is 14.0 Å². The minimum atomic E-state index is -5.28. The molecule has 0 bridgehead atoms. The molecule has 0 aliphatic rings. The first-order valence-corrected chi connectivity index (χ1v) is 22.5. The van der Waals surface area contributed by atoms with Crippen molar-refractivity contribution in [3.8, 4) is 5.75 Å². The number of anilines is 5. The molecule has 0 saturated carbocycles. The number of sulfone groups is 1. The zero-order valence-corrected chi connectivity index (χ0v) is 46.2. The summed E-state index contributed by atoms with van der Waals surface area (Å²) in [6.45, 7) is 0.135. The van der Waals surface area contributed by atoms with Gasteiger partial charge in [-0.05, 0) is 77.7 Å². The van der Waals surface area contributed by atoms with E-state index in [0.717, 1.165) is 55.5 Å². The molecule has 64 heavy (non-hydrogen) atoms. The molecule has 5 aromatic rings. The Morgan fingerprint density at radius 2 is 1.39 bits per heavy atom. The third-order valence-corrected chi connectivity index (χ3v) is 11.9. The van der Waals surface area contributed by atoms with Crippen molar-refractivity contribution in [2.75, 3.05) is 28.3 Å². The van der Waals surface area contributed by atoms with E-state index in [-0.39, 0.29) is 185 Å². The Balaban J connectivity index is 0.00000512. The van der Waals surface area contributed by atoms with E-state index in [1.165, 1.54) is 12.1 Å². The van der Waals surface area contributed by atoms with Crippen LogP contribution < -0.4 is 139 Å². The molecule has 0 atom stereocenters. The molecule has 4 aromatic carbocycles. The number of hydrogen-bond acceptors (Lipinski definition) is 25. The van der Waals surface area contributed by atoms with Crippen molar-refractivity contribution in [3.05, 3.63) is 65.9 Å². The number of fused-ring (bicyclic) bond motifs is 1. The Morgan fingerprint density at radius 1 is 0.797 bits per heavy atom. The summed E-state index contributed by atoms with van der Waals surface area (Å²) in [5.74, 6) is -2.93. The number of rotatable bonds is 17. The van der Waals surface area contributed by atoms with E-state index in [4.69, 9.17) is 11.6 Å². The number of hydrogen-bond donors (Lipinski definition) is 4. The number of nitrogens with one attached hydrogen (secondary N) is 3. The van der Waals surface area contributed by atoms with Crippen molar-refractivity contribution in [2.45, 2.75) is 26.5 Å². The van der Waals surface area contributed by atoms with Crippen molar-refractivity contribution >= 4 is 121 Å². The third kappa shape index (κ3) is 17.1. The van der Waals surface area contributed by atoms with Crippen LogP contribution in [-0.2, 0) is 58.8 Å². The second-order valence-corrected chi connectivity index (χ2v) is 18.4. The molecular weight excluding hydrogens is 1020 g/mol. The minimum absolute atomic E-state index is 0. The molecule has 1 amide bonds. The second-order valence-electron chi connectivity index (χ2n) is 11.4. The van der Waals surface area contributed by atoms with E-state index >= 15 is 0 Å². The Hall–Kier alpha value is -1.22. The quantitative estimate of drug-likeness (QED) is 0.0128. The molecule has 0 unspecified atom stereocenters. The number of phenols is 1. The summed E-state index contributed by atoms with van der Waals surface area (Å²) in [7, 11) is -19.6. The summed E-state index contributed by atoms with van der Waals surface area (Å²) in [4.78, 5) is 21.6. The molecule has 0 spiro atoms. The molecule has 0 saturated heterocycles. The van der Waals surface area contributed by atoms with Crippen LogP contribution in [0.15, 0.2) is 90.5 Å². The number of amides is 1. The predicted molar refractivity (Wildman–Crippen MR) is 200 cm³/mol. The summed E-state index contributed by atoms with van der Waals surface area (Å²) >= 11 is 6.19. The smallest absolute Gasteiger partial charge is 0.744 e. The molecule has 4 N–H and O–H groups in total. The van der Waals surface area contributed by atoms with E-state index in [1.807, 2.05) is 0 Å². The second kappa shape index (κ2) is 25.4. The maximum absolute atomic E-state index is 12.5. The largest absolute Gasteiger partial charge is 1.00 e. The molecule has 1 aromatic heterocycles. The van der Waals surface area contributed by atoms with Crippen LogP contribution in [0.5, 0.6) is 5.75 Å². The van der Waals surface area contributed by atoms with E-state index < -0.39 is 85.7 Å². The number of carbonyl (C=O) groups excluding carboxylic acids is 1. The van der Waals surface area contributed by atoms with Crippen LogP contribution in [0.2, 0.25) is 5.28 Å². The van der Waals surface area contributed by atoms with Gasteiger partial charge in [0, 0.05) is 23.7 Å². The van der Waals surface area contributed by atoms with Gasteiger partial charge in [0.25, 0.3) is 0 Å². The molecule has 0 radical (unpaired) electrons. The first kappa shape index (κ1) is 60.8. The normalized spacial score (nSPS) is 11.7. The van der Waals surface area contributed by atoms with Crippen molar-refractivity contribution in [3.63, 3.8) is 0 Å². The maximum atomic E-state index is 12.5. The zero-order valence-electron chi connectivity index (χ0n) is 33.3. The number of aromatic nitrogens is 3. The van der Waals surface area contributed by atoms with Crippen molar-refractivity contribution < 1.29 is 194 Å². The van der Waals surface area contributed by atoms with E-state index in [0.29, 0.717) is 0 Å². The first-order valence-electron chi connectivity index (χ1n) is 15.5.